The van der Waals surface area contributed by atoms with Crippen molar-refractivity contribution in [3.63, 3.8) is 0 Å². The second-order valence-electron chi connectivity index (χ2n) is 3.93. The molecule has 3 N–H and O–H groups in total. The van der Waals surface area contributed by atoms with Crippen molar-refractivity contribution in [2.75, 3.05) is 17.2 Å². The quantitative estimate of drug-likeness (QED) is 0.737. The van der Waals surface area contributed by atoms with Crippen LogP contribution in [-0.2, 0) is 6.61 Å². The minimum absolute atomic E-state index is 0.0118. The first kappa shape index (κ1) is 14.1. The number of nitrogens with one attached hydrogen (secondary N) is 2. The molecule has 1 aromatic heterocycles. The van der Waals surface area contributed by atoms with Crippen LogP contribution in [0.5, 0.6) is 0 Å². The van der Waals surface area contributed by atoms with Crippen LogP contribution in [0.25, 0.3) is 0 Å². The summed E-state index contributed by atoms with van der Waals surface area (Å²) >= 11 is 5.96. The summed E-state index contributed by atoms with van der Waals surface area (Å²) in [5.41, 5.74) is 1.65. The number of rotatable bonds is 5. The lowest BCUT2D eigenvalue weighted by Crippen LogP contribution is -2.05. The molecule has 0 saturated carbocycles. The van der Waals surface area contributed by atoms with Crippen LogP contribution in [0.15, 0.2) is 30.5 Å². The smallest absolute Gasteiger partial charge is 0.229 e. The summed E-state index contributed by atoms with van der Waals surface area (Å²) in [6, 6.07) is 7.29. The van der Waals surface area contributed by atoms with Gasteiger partial charge in [0.25, 0.3) is 0 Å². The highest BCUT2D eigenvalue weighted by atomic mass is 35.5. The third-order valence-corrected chi connectivity index (χ3v) is 2.77. The average Bonchev–Trinajstić information content (AvgIpc) is 2.48. The van der Waals surface area contributed by atoms with Gasteiger partial charge in [-0.2, -0.15) is 4.98 Å². The molecule has 1 aromatic carbocycles. The SMILES string of the molecule is C#CCNc1nc(Nc2ccc(CO)cc2)ncc1Cl. The van der Waals surface area contributed by atoms with E-state index in [9.17, 15) is 0 Å². The van der Waals surface area contributed by atoms with Gasteiger partial charge in [-0.05, 0) is 17.7 Å². The van der Waals surface area contributed by atoms with Crippen LogP contribution in [0.3, 0.4) is 0 Å². The maximum absolute atomic E-state index is 8.98. The molecule has 0 atom stereocenters. The van der Waals surface area contributed by atoms with Gasteiger partial charge in [-0.1, -0.05) is 29.7 Å². The fourth-order valence-corrected chi connectivity index (χ4v) is 1.67. The van der Waals surface area contributed by atoms with Gasteiger partial charge in [0.1, 0.15) is 5.02 Å². The largest absolute Gasteiger partial charge is 0.392 e. The van der Waals surface area contributed by atoms with Gasteiger partial charge in [0, 0.05) is 5.69 Å². The van der Waals surface area contributed by atoms with Crippen LogP contribution in [-0.4, -0.2) is 21.6 Å². The molecule has 20 heavy (non-hydrogen) atoms. The van der Waals surface area contributed by atoms with Crippen LogP contribution in [0, 0.1) is 12.3 Å². The molecule has 0 saturated heterocycles. The minimum Gasteiger partial charge on any atom is -0.392 e. The molecule has 0 unspecified atom stereocenters. The second-order valence-corrected chi connectivity index (χ2v) is 4.34. The number of nitrogens with zero attached hydrogens (tertiary/aromatic N) is 2. The van der Waals surface area contributed by atoms with Crippen molar-refractivity contribution in [1.29, 1.82) is 0 Å². The van der Waals surface area contributed by atoms with E-state index < -0.39 is 0 Å². The Labute approximate surface area is 122 Å². The molecular formula is C14H13ClN4O. The lowest BCUT2D eigenvalue weighted by atomic mass is 10.2. The monoisotopic (exact) mass is 288 g/mol. The molecule has 0 aliphatic carbocycles. The van der Waals surface area contributed by atoms with Crippen LogP contribution in [0.1, 0.15) is 5.56 Å². The Bertz CT molecular complexity index is 622. The van der Waals surface area contributed by atoms with Crippen LogP contribution < -0.4 is 10.6 Å². The Kier molecular flexibility index (Phi) is 4.77. The summed E-state index contributed by atoms with van der Waals surface area (Å²) < 4.78 is 0. The number of aliphatic hydroxyl groups excluding tert-OH is 1. The Morgan fingerprint density at radius 2 is 2.05 bits per heavy atom. The molecule has 6 heteroatoms. The molecule has 0 amide bonds. The number of aromatic nitrogens is 2. The zero-order valence-corrected chi connectivity index (χ0v) is 11.4. The first-order valence-corrected chi connectivity index (χ1v) is 6.27. The molecule has 0 aliphatic rings. The maximum Gasteiger partial charge on any atom is 0.229 e. The van der Waals surface area contributed by atoms with Crippen LogP contribution >= 0.6 is 11.6 Å². The summed E-state index contributed by atoms with van der Waals surface area (Å²) in [6.07, 6.45) is 6.68. The van der Waals surface area contributed by atoms with E-state index in [2.05, 4.69) is 26.5 Å². The number of halogens is 1. The Morgan fingerprint density at radius 1 is 1.30 bits per heavy atom. The van der Waals surface area contributed by atoms with E-state index >= 15 is 0 Å². The van der Waals surface area contributed by atoms with Crippen LogP contribution in [0.2, 0.25) is 5.02 Å². The molecule has 5 nitrogen and oxygen atoms in total. The van der Waals surface area contributed by atoms with Crippen LogP contribution in [0.4, 0.5) is 17.5 Å². The number of hydrogen-bond donors (Lipinski definition) is 3. The van der Waals surface area contributed by atoms with Gasteiger partial charge in [0.05, 0.1) is 19.3 Å². The van der Waals surface area contributed by atoms with Crippen molar-refractivity contribution in [3.05, 3.63) is 41.0 Å². The zero-order valence-electron chi connectivity index (χ0n) is 10.6. The molecule has 1 heterocycles. The lowest BCUT2D eigenvalue weighted by Gasteiger charge is -2.08. The van der Waals surface area contributed by atoms with Gasteiger partial charge in [-0.3, -0.25) is 0 Å². The number of anilines is 3. The van der Waals surface area contributed by atoms with Crippen molar-refractivity contribution in [2.24, 2.45) is 0 Å². The summed E-state index contributed by atoms with van der Waals surface area (Å²) in [4.78, 5) is 8.33. The van der Waals surface area contributed by atoms with Crippen molar-refractivity contribution in [3.8, 4) is 12.3 Å². The van der Waals surface area contributed by atoms with E-state index in [0.717, 1.165) is 11.3 Å². The molecule has 0 bridgehead atoms. The van der Waals surface area contributed by atoms with Crippen molar-refractivity contribution in [2.45, 2.75) is 6.61 Å². The Morgan fingerprint density at radius 3 is 2.70 bits per heavy atom. The van der Waals surface area contributed by atoms with E-state index in [1.54, 1.807) is 0 Å². The maximum atomic E-state index is 8.98. The molecule has 2 rings (SSSR count). The standard InChI is InChI=1S/C14H13ClN4O/c1-2-7-16-13-12(15)8-17-14(19-13)18-11-5-3-10(9-20)4-6-11/h1,3-6,8,20H,7,9H2,(H2,16,17,18,19). The Balaban J connectivity index is 2.14. The summed E-state index contributed by atoms with van der Waals surface area (Å²) in [5, 5.41) is 15.3. The minimum atomic E-state index is 0.0118. The Hall–Kier alpha value is -2.29. The van der Waals surface area contributed by atoms with Gasteiger partial charge in [0.15, 0.2) is 5.82 Å². The van der Waals surface area contributed by atoms with Crippen molar-refractivity contribution < 1.29 is 5.11 Å². The number of hydrogen-bond acceptors (Lipinski definition) is 5. The fraction of sp³-hybridized carbons (Fsp3) is 0.143. The van der Waals surface area contributed by atoms with Gasteiger partial charge in [-0.15, -0.1) is 6.42 Å². The average molecular weight is 289 g/mol. The number of benzene rings is 1. The molecule has 0 fully saturated rings. The van der Waals surface area contributed by atoms with Gasteiger partial charge < -0.3 is 15.7 Å². The molecule has 0 spiro atoms. The summed E-state index contributed by atoms with van der Waals surface area (Å²) in [7, 11) is 0. The first-order valence-electron chi connectivity index (χ1n) is 5.89. The summed E-state index contributed by atoms with van der Waals surface area (Å²) in [5.74, 6) is 3.34. The first-order chi connectivity index (χ1) is 9.72. The van der Waals surface area contributed by atoms with Crippen molar-refractivity contribution >= 4 is 29.1 Å². The molecule has 102 valence electrons. The highest BCUT2D eigenvalue weighted by molar-refractivity contribution is 6.32. The van der Waals surface area contributed by atoms with Crippen molar-refractivity contribution in [1.82, 2.24) is 9.97 Å². The number of terminal acetylenes is 1. The van der Waals surface area contributed by atoms with Gasteiger partial charge in [0.2, 0.25) is 5.95 Å². The van der Waals surface area contributed by atoms with E-state index in [4.69, 9.17) is 23.1 Å². The number of aliphatic hydroxyl groups is 1. The lowest BCUT2D eigenvalue weighted by molar-refractivity contribution is 0.282. The molecular weight excluding hydrogens is 276 g/mol. The normalized spacial score (nSPS) is 9.85. The highest BCUT2D eigenvalue weighted by Crippen LogP contribution is 2.21. The van der Waals surface area contributed by atoms with E-state index in [0.29, 0.717) is 23.3 Å². The zero-order chi connectivity index (χ0) is 14.4. The fourth-order valence-electron chi connectivity index (χ4n) is 1.51. The molecule has 0 aliphatic heterocycles. The second kappa shape index (κ2) is 6.75. The molecule has 2 aromatic rings. The van der Waals surface area contributed by atoms with E-state index in [1.165, 1.54) is 6.20 Å². The molecule has 0 radical (unpaired) electrons. The predicted molar refractivity (Wildman–Crippen MR) is 80.0 cm³/mol. The van der Waals surface area contributed by atoms with E-state index in [1.807, 2.05) is 24.3 Å². The summed E-state index contributed by atoms with van der Waals surface area (Å²) in [6.45, 7) is 0.346. The van der Waals surface area contributed by atoms with E-state index in [-0.39, 0.29) is 6.61 Å². The van der Waals surface area contributed by atoms with Gasteiger partial charge >= 0.3 is 0 Å². The third-order valence-electron chi connectivity index (χ3n) is 2.49. The predicted octanol–water partition coefficient (Wildman–Crippen LogP) is 2.41. The third kappa shape index (κ3) is 3.60. The van der Waals surface area contributed by atoms with Gasteiger partial charge in [-0.25, -0.2) is 4.98 Å². The highest BCUT2D eigenvalue weighted by Gasteiger charge is 2.05. The topological polar surface area (TPSA) is 70.1 Å².